The van der Waals surface area contributed by atoms with E-state index in [9.17, 15) is 4.79 Å². The molecule has 1 N–H and O–H groups in total. The Labute approximate surface area is 133 Å². The van der Waals surface area contributed by atoms with E-state index < -0.39 is 0 Å². The Hall–Kier alpha value is -2.76. The highest BCUT2D eigenvalue weighted by Crippen LogP contribution is 2.34. The van der Waals surface area contributed by atoms with Gasteiger partial charge in [-0.2, -0.15) is 0 Å². The average molecular weight is 313 g/mol. The molecule has 0 amide bonds. The molecule has 0 fully saturated rings. The monoisotopic (exact) mass is 313 g/mol. The number of aryl methyl sites for hydroxylation is 2. The minimum absolute atomic E-state index is 0.110. The highest BCUT2D eigenvalue weighted by Gasteiger charge is 2.16. The Balaban J connectivity index is 2.29. The smallest absolute Gasteiger partial charge is 0.272 e. The lowest BCUT2D eigenvalue weighted by Crippen LogP contribution is -2.15. The average Bonchev–Trinajstić information content (AvgIpc) is 2.90. The molecule has 2 heterocycles. The summed E-state index contributed by atoms with van der Waals surface area (Å²) in [6.07, 6.45) is 0.710. The Kier molecular flexibility index (Phi) is 3.82. The van der Waals surface area contributed by atoms with E-state index in [1.165, 1.54) is 4.52 Å². The predicted octanol–water partition coefficient (Wildman–Crippen LogP) is 2.58. The van der Waals surface area contributed by atoms with Crippen molar-refractivity contribution in [3.8, 4) is 22.6 Å². The van der Waals surface area contributed by atoms with Gasteiger partial charge in [-0.05, 0) is 31.0 Å². The van der Waals surface area contributed by atoms with E-state index in [0.29, 0.717) is 23.6 Å². The molecule has 2 aromatic heterocycles. The maximum atomic E-state index is 12.2. The third kappa shape index (κ3) is 2.46. The fraction of sp³-hybridized carbons (Fsp3) is 0.294. The van der Waals surface area contributed by atoms with E-state index in [-0.39, 0.29) is 5.56 Å². The molecule has 0 aliphatic carbocycles. The minimum atomic E-state index is -0.110. The maximum Gasteiger partial charge on any atom is 0.272 e. The summed E-state index contributed by atoms with van der Waals surface area (Å²) in [5.74, 6) is 1.30. The lowest BCUT2D eigenvalue weighted by molar-refractivity contribution is 0.355. The Morgan fingerprint density at radius 2 is 1.91 bits per heavy atom. The van der Waals surface area contributed by atoms with Crippen LogP contribution in [0.25, 0.3) is 16.8 Å². The van der Waals surface area contributed by atoms with Gasteiger partial charge in [0.25, 0.3) is 5.56 Å². The maximum absolute atomic E-state index is 12.2. The first-order valence-corrected chi connectivity index (χ1v) is 7.42. The number of rotatable bonds is 4. The molecular weight excluding hydrogens is 294 g/mol. The summed E-state index contributed by atoms with van der Waals surface area (Å²) in [6, 6.07) is 7.22. The first-order chi connectivity index (χ1) is 11.1. The SMILES string of the molecule is CCc1cc(=O)n2[nH]c(C)c(-c3ccc(OC)c(OC)c3)c2n1. The molecule has 0 aliphatic heterocycles. The fourth-order valence-electron chi connectivity index (χ4n) is 2.72. The van der Waals surface area contributed by atoms with E-state index in [1.807, 2.05) is 32.0 Å². The third-order valence-electron chi connectivity index (χ3n) is 3.88. The van der Waals surface area contributed by atoms with Gasteiger partial charge < -0.3 is 9.47 Å². The van der Waals surface area contributed by atoms with Crippen LogP contribution in [0.15, 0.2) is 29.1 Å². The Bertz CT molecular complexity index is 925. The molecule has 6 heteroatoms. The second-order valence-corrected chi connectivity index (χ2v) is 5.28. The molecular formula is C17H19N3O3. The number of hydrogen-bond acceptors (Lipinski definition) is 4. The number of aromatic amines is 1. The van der Waals surface area contributed by atoms with Crippen LogP contribution in [0.4, 0.5) is 0 Å². The van der Waals surface area contributed by atoms with E-state index in [1.54, 1.807) is 20.3 Å². The summed E-state index contributed by atoms with van der Waals surface area (Å²) < 4.78 is 12.1. The van der Waals surface area contributed by atoms with Gasteiger partial charge in [0.2, 0.25) is 0 Å². The zero-order valence-corrected chi connectivity index (χ0v) is 13.6. The number of ether oxygens (including phenoxy) is 2. The molecule has 0 aliphatic rings. The van der Waals surface area contributed by atoms with Gasteiger partial charge in [-0.1, -0.05) is 13.0 Å². The molecule has 0 saturated heterocycles. The van der Waals surface area contributed by atoms with Crippen LogP contribution in [0.2, 0.25) is 0 Å². The van der Waals surface area contributed by atoms with Crippen LogP contribution in [0.3, 0.4) is 0 Å². The zero-order valence-electron chi connectivity index (χ0n) is 13.6. The fourth-order valence-corrected chi connectivity index (χ4v) is 2.72. The van der Waals surface area contributed by atoms with E-state index in [4.69, 9.17) is 9.47 Å². The summed E-state index contributed by atoms with van der Waals surface area (Å²) in [4.78, 5) is 16.8. The van der Waals surface area contributed by atoms with Crippen LogP contribution in [-0.4, -0.2) is 28.8 Å². The lowest BCUT2D eigenvalue weighted by Gasteiger charge is -2.09. The van der Waals surface area contributed by atoms with Gasteiger partial charge in [-0.25, -0.2) is 9.50 Å². The molecule has 0 saturated carbocycles. The lowest BCUT2D eigenvalue weighted by atomic mass is 10.1. The van der Waals surface area contributed by atoms with E-state index in [0.717, 1.165) is 22.5 Å². The van der Waals surface area contributed by atoms with Crippen LogP contribution in [0.5, 0.6) is 11.5 Å². The quantitative estimate of drug-likeness (QED) is 0.804. The van der Waals surface area contributed by atoms with Crippen LogP contribution in [-0.2, 0) is 6.42 Å². The van der Waals surface area contributed by atoms with Crippen LogP contribution in [0.1, 0.15) is 18.3 Å². The van der Waals surface area contributed by atoms with Crippen LogP contribution < -0.4 is 15.0 Å². The van der Waals surface area contributed by atoms with Crippen LogP contribution >= 0.6 is 0 Å². The van der Waals surface area contributed by atoms with Crippen molar-refractivity contribution in [3.05, 3.63) is 46.0 Å². The largest absolute Gasteiger partial charge is 0.493 e. The van der Waals surface area contributed by atoms with Gasteiger partial charge in [0.05, 0.1) is 14.2 Å². The van der Waals surface area contributed by atoms with Crippen molar-refractivity contribution in [2.45, 2.75) is 20.3 Å². The molecule has 0 spiro atoms. The van der Waals surface area contributed by atoms with Crippen molar-refractivity contribution in [3.63, 3.8) is 0 Å². The number of nitrogens with zero attached hydrogens (tertiary/aromatic N) is 2. The van der Waals surface area contributed by atoms with Crippen molar-refractivity contribution >= 4 is 5.65 Å². The van der Waals surface area contributed by atoms with E-state index in [2.05, 4.69) is 10.1 Å². The van der Waals surface area contributed by atoms with Gasteiger partial charge >= 0.3 is 0 Å². The Morgan fingerprint density at radius 3 is 2.57 bits per heavy atom. The van der Waals surface area contributed by atoms with Crippen molar-refractivity contribution in [1.29, 1.82) is 0 Å². The van der Waals surface area contributed by atoms with Crippen molar-refractivity contribution < 1.29 is 9.47 Å². The first kappa shape index (κ1) is 15.1. The standard InChI is InChI=1S/C17H19N3O3/c1-5-12-9-15(21)20-17(18-12)16(10(2)19-20)11-6-7-13(22-3)14(8-11)23-4/h6-9,19H,5H2,1-4H3. The number of nitrogens with one attached hydrogen (secondary N) is 1. The highest BCUT2D eigenvalue weighted by atomic mass is 16.5. The highest BCUT2D eigenvalue weighted by molar-refractivity contribution is 5.81. The third-order valence-corrected chi connectivity index (χ3v) is 3.88. The molecule has 23 heavy (non-hydrogen) atoms. The topological polar surface area (TPSA) is 68.6 Å². The van der Waals surface area contributed by atoms with Crippen molar-refractivity contribution in [2.24, 2.45) is 0 Å². The van der Waals surface area contributed by atoms with Gasteiger partial charge in [0, 0.05) is 23.0 Å². The van der Waals surface area contributed by atoms with Crippen LogP contribution in [0, 0.1) is 6.92 Å². The number of benzene rings is 1. The molecule has 0 atom stereocenters. The molecule has 0 bridgehead atoms. The normalized spacial score (nSPS) is 11.0. The van der Waals surface area contributed by atoms with Gasteiger partial charge in [-0.3, -0.25) is 9.89 Å². The summed E-state index contributed by atoms with van der Waals surface area (Å²) in [5, 5.41) is 3.08. The second-order valence-electron chi connectivity index (χ2n) is 5.28. The molecule has 0 unspecified atom stereocenters. The van der Waals surface area contributed by atoms with E-state index >= 15 is 0 Å². The minimum Gasteiger partial charge on any atom is -0.493 e. The number of methoxy groups -OCH3 is 2. The van der Waals surface area contributed by atoms with Gasteiger partial charge in [0.1, 0.15) is 0 Å². The molecule has 3 rings (SSSR count). The summed E-state index contributed by atoms with van der Waals surface area (Å²) >= 11 is 0. The summed E-state index contributed by atoms with van der Waals surface area (Å²) in [7, 11) is 3.20. The number of H-pyrrole nitrogens is 1. The molecule has 1 aromatic carbocycles. The molecule has 0 radical (unpaired) electrons. The molecule has 120 valence electrons. The summed E-state index contributed by atoms with van der Waals surface area (Å²) in [5.41, 5.74) is 3.96. The second kappa shape index (κ2) is 5.79. The molecule has 3 aromatic rings. The zero-order chi connectivity index (χ0) is 16.6. The number of aromatic nitrogens is 3. The molecule has 6 nitrogen and oxygen atoms in total. The first-order valence-electron chi connectivity index (χ1n) is 7.42. The van der Waals surface area contributed by atoms with Crippen molar-refractivity contribution in [1.82, 2.24) is 14.6 Å². The summed E-state index contributed by atoms with van der Waals surface area (Å²) in [6.45, 7) is 3.90. The van der Waals surface area contributed by atoms with Crippen molar-refractivity contribution in [2.75, 3.05) is 14.2 Å². The number of hydrogen-bond donors (Lipinski definition) is 1. The Morgan fingerprint density at radius 1 is 1.17 bits per heavy atom. The van der Waals surface area contributed by atoms with Gasteiger partial charge in [-0.15, -0.1) is 0 Å². The van der Waals surface area contributed by atoms with Gasteiger partial charge in [0.15, 0.2) is 17.1 Å². The number of fused-ring (bicyclic) bond motifs is 1. The predicted molar refractivity (Wildman–Crippen MR) is 88.5 cm³/mol.